The lowest BCUT2D eigenvalue weighted by atomic mass is 10.1. The van der Waals surface area contributed by atoms with E-state index in [4.69, 9.17) is 9.47 Å². The van der Waals surface area contributed by atoms with Crippen LogP contribution in [-0.2, 0) is 0 Å². The van der Waals surface area contributed by atoms with E-state index in [0.717, 1.165) is 50.3 Å². The molecular weight excluding hydrogens is 264 g/mol. The van der Waals surface area contributed by atoms with Crippen LogP contribution in [0.1, 0.15) is 37.8 Å². The summed E-state index contributed by atoms with van der Waals surface area (Å²) in [5, 5.41) is 3.60. The van der Waals surface area contributed by atoms with E-state index in [1.165, 1.54) is 18.4 Å². The zero-order chi connectivity index (χ0) is 14.7. The standard InChI is InChI=1S/C17H26N2O2/c1-13(18-8-9-19(2)15-5-6-15)14-4-7-16-17(12-14)21-11-3-10-20-16/h4,7,12-13,15,18H,3,5-6,8-11H2,1-2H3. The largest absolute Gasteiger partial charge is 0.490 e. The van der Waals surface area contributed by atoms with Crippen molar-refractivity contribution in [3.05, 3.63) is 23.8 Å². The molecule has 116 valence electrons. The van der Waals surface area contributed by atoms with E-state index < -0.39 is 0 Å². The van der Waals surface area contributed by atoms with Crippen LogP contribution in [0.4, 0.5) is 0 Å². The van der Waals surface area contributed by atoms with Gasteiger partial charge in [0.15, 0.2) is 11.5 Å². The topological polar surface area (TPSA) is 33.7 Å². The molecule has 1 atom stereocenters. The Morgan fingerprint density at radius 3 is 2.76 bits per heavy atom. The summed E-state index contributed by atoms with van der Waals surface area (Å²) in [6.07, 6.45) is 3.69. The minimum Gasteiger partial charge on any atom is -0.490 e. The van der Waals surface area contributed by atoms with Crippen LogP contribution in [0.5, 0.6) is 11.5 Å². The minimum absolute atomic E-state index is 0.328. The van der Waals surface area contributed by atoms with Gasteiger partial charge in [0, 0.05) is 31.6 Å². The highest BCUT2D eigenvalue weighted by Crippen LogP contribution is 2.32. The summed E-state index contributed by atoms with van der Waals surface area (Å²) in [5.74, 6) is 1.76. The molecule has 3 rings (SSSR count). The van der Waals surface area contributed by atoms with Crippen molar-refractivity contribution in [1.29, 1.82) is 0 Å². The van der Waals surface area contributed by atoms with Crippen LogP contribution in [-0.4, -0.2) is 44.3 Å². The number of ether oxygens (including phenoxy) is 2. The van der Waals surface area contributed by atoms with E-state index in [-0.39, 0.29) is 0 Å². The Hall–Kier alpha value is -1.26. The molecule has 1 aliphatic carbocycles. The molecule has 1 N–H and O–H groups in total. The maximum Gasteiger partial charge on any atom is 0.161 e. The normalized spacial score (nSPS) is 19.4. The molecule has 1 unspecified atom stereocenters. The summed E-state index contributed by atoms with van der Waals surface area (Å²) in [6, 6.07) is 7.44. The van der Waals surface area contributed by atoms with Crippen molar-refractivity contribution < 1.29 is 9.47 Å². The molecule has 0 spiro atoms. The number of nitrogens with zero attached hydrogens (tertiary/aromatic N) is 1. The van der Waals surface area contributed by atoms with Crippen LogP contribution >= 0.6 is 0 Å². The van der Waals surface area contributed by atoms with Gasteiger partial charge in [-0.15, -0.1) is 0 Å². The molecule has 0 saturated heterocycles. The van der Waals surface area contributed by atoms with Gasteiger partial charge in [-0.3, -0.25) is 0 Å². The summed E-state index contributed by atoms with van der Waals surface area (Å²) in [4.78, 5) is 2.45. The Balaban J connectivity index is 1.54. The average molecular weight is 290 g/mol. The Morgan fingerprint density at radius 1 is 1.24 bits per heavy atom. The summed E-state index contributed by atoms with van der Waals surface area (Å²) in [7, 11) is 2.22. The van der Waals surface area contributed by atoms with Crippen LogP contribution in [0.25, 0.3) is 0 Å². The number of fused-ring (bicyclic) bond motifs is 1. The Bertz CT molecular complexity index is 474. The molecule has 21 heavy (non-hydrogen) atoms. The van der Waals surface area contributed by atoms with Gasteiger partial charge >= 0.3 is 0 Å². The van der Waals surface area contributed by atoms with Gasteiger partial charge in [0.2, 0.25) is 0 Å². The summed E-state index contributed by atoms with van der Waals surface area (Å²) in [5.41, 5.74) is 1.26. The van der Waals surface area contributed by atoms with Gasteiger partial charge in [-0.05, 0) is 44.5 Å². The van der Waals surface area contributed by atoms with E-state index in [9.17, 15) is 0 Å². The molecule has 1 saturated carbocycles. The van der Waals surface area contributed by atoms with E-state index in [0.29, 0.717) is 6.04 Å². The summed E-state index contributed by atoms with van der Waals surface area (Å²) in [6.45, 7) is 5.82. The van der Waals surface area contributed by atoms with Gasteiger partial charge in [0.05, 0.1) is 13.2 Å². The van der Waals surface area contributed by atoms with Crippen LogP contribution < -0.4 is 14.8 Å². The lowest BCUT2D eigenvalue weighted by Gasteiger charge is -2.20. The van der Waals surface area contributed by atoms with Gasteiger partial charge in [-0.1, -0.05) is 6.07 Å². The van der Waals surface area contributed by atoms with E-state index in [2.05, 4.69) is 36.3 Å². The van der Waals surface area contributed by atoms with E-state index >= 15 is 0 Å². The fourth-order valence-electron chi connectivity index (χ4n) is 2.72. The van der Waals surface area contributed by atoms with Crippen molar-refractivity contribution in [2.45, 2.75) is 38.3 Å². The number of rotatable bonds is 6. The zero-order valence-corrected chi connectivity index (χ0v) is 13.1. The first-order valence-electron chi connectivity index (χ1n) is 8.07. The fraction of sp³-hybridized carbons (Fsp3) is 0.647. The second-order valence-corrected chi connectivity index (χ2v) is 6.14. The molecule has 2 aliphatic rings. The number of hydrogen-bond donors (Lipinski definition) is 1. The predicted octanol–water partition coefficient (Wildman–Crippen LogP) is 2.59. The molecule has 4 nitrogen and oxygen atoms in total. The van der Waals surface area contributed by atoms with Crippen LogP contribution in [0.2, 0.25) is 0 Å². The maximum atomic E-state index is 5.76. The molecule has 1 fully saturated rings. The van der Waals surface area contributed by atoms with Gasteiger partial charge in [0.1, 0.15) is 0 Å². The molecule has 1 aromatic rings. The molecule has 1 aromatic carbocycles. The van der Waals surface area contributed by atoms with Crippen molar-refractivity contribution in [2.75, 3.05) is 33.4 Å². The van der Waals surface area contributed by atoms with Crippen molar-refractivity contribution in [3.8, 4) is 11.5 Å². The fourth-order valence-corrected chi connectivity index (χ4v) is 2.72. The van der Waals surface area contributed by atoms with Crippen LogP contribution in [0.15, 0.2) is 18.2 Å². The lowest BCUT2D eigenvalue weighted by Crippen LogP contribution is -2.31. The first-order valence-corrected chi connectivity index (χ1v) is 8.07. The van der Waals surface area contributed by atoms with Crippen molar-refractivity contribution in [3.63, 3.8) is 0 Å². The third-order valence-corrected chi connectivity index (χ3v) is 4.36. The SMILES string of the molecule is CC(NCCN(C)C1CC1)c1ccc2c(c1)OCCCO2. The smallest absolute Gasteiger partial charge is 0.161 e. The van der Waals surface area contributed by atoms with Crippen molar-refractivity contribution >= 4 is 0 Å². The highest BCUT2D eigenvalue weighted by atomic mass is 16.5. The Kier molecular flexibility index (Phi) is 4.66. The average Bonchev–Trinajstić information content (AvgIpc) is 3.32. The minimum atomic E-state index is 0.328. The van der Waals surface area contributed by atoms with Crippen LogP contribution in [0, 0.1) is 0 Å². The van der Waals surface area contributed by atoms with Crippen LogP contribution in [0.3, 0.4) is 0 Å². The molecule has 0 radical (unpaired) electrons. The molecular formula is C17H26N2O2. The molecule has 0 bridgehead atoms. The lowest BCUT2D eigenvalue weighted by molar-refractivity contribution is 0.297. The van der Waals surface area contributed by atoms with E-state index in [1.54, 1.807) is 0 Å². The van der Waals surface area contributed by atoms with Crippen molar-refractivity contribution in [2.24, 2.45) is 0 Å². The van der Waals surface area contributed by atoms with Gasteiger partial charge in [0.25, 0.3) is 0 Å². The molecule has 1 heterocycles. The zero-order valence-electron chi connectivity index (χ0n) is 13.1. The summed E-state index contributed by atoms with van der Waals surface area (Å²) < 4.78 is 11.4. The third kappa shape index (κ3) is 3.89. The summed E-state index contributed by atoms with van der Waals surface area (Å²) >= 11 is 0. The van der Waals surface area contributed by atoms with Crippen molar-refractivity contribution in [1.82, 2.24) is 10.2 Å². The third-order valence-electron chi connectivity index (χ3n) is 4.36. The van der Waals surface area contributed by atoms with E-state index in [1.807, 2.05) is 6.07 Å². The second kappa shape index (κ2) is 6.67. The number of benzene rings is 1. The van der Waals surface area contributed by atoms with Gasteiger partial charge in [-0.25, -0.2) is 0 Å². The molecule has 4 heteroatoms. The number of hydrogen-bond acceptors (Lipinski definition) is 4. The van der Waals surface area contributed by atoms with Gasteiger partial charge in [-0.2, -0.15) is 0 Å². The quantitative estimate of drug-likeness (QED) is 0.873. The molecule has 0 amide bonds. The Labute approximate surface area is 127 Å². The maximum absolute atomic E-state index is 5.76. The Morgan fingerprint density at radius 2 is 2.00 bits per heavy atom. The molecule has 0 aromatic heterocycles. The number of likely N-dealkylation sites (N-methyl/N-ethyl adjacent to an activating group) is 1. The van der Waals surface area contributed by atoms with Gasteiger partial charge < -0.3 is 19.7 Å². The first kappa shape index (κ1) is 14.7. The highest BCUT2D eigenvalue weighted by Gasteiger charge is 2.25. The highest BCUT2D eigenvalue weighted by molar-refractivity contribution is 5.44. The predicted molar refractivity (Wildman–Crippen MR) is 84.1 cm³/mol. The number of nitrogens with one attached hydrogen (secondary N) is 1. The first-order chi connectivity index (χ1) is 10.2. The monoisotopic (exact) mass is 290 g/mol. The second-order valence-electron chi connectivity index (χ2n) is 6.14. The molecule has 1 aliphatic heterocycles.